The molecule has 5 nitrogen and oxygen atoms in total. The largest absolute Gasteiger partial charge is 0.339 e. The Hall–Kier alpha value is -2.99. The number of anilines is 1. The van der Waals surface area contributed by atoms with E-state index in [1.165, 1.54) is 16.9 Å². The molecule has 0 bridgehead atoms. The molecule has 3 aromatic rings. The Morgan fingerprint density at radius 2 is 1.73 bits per heavy atom. The minimum atomic E-state index is -0.307. The summed E-state index contributed by atoms with van der Waals surface area (Å²) < 4.78 is 0. The minimum Gasteiger partial charge on any atom is -0.339 e. The van der Waals surface area contributed by atoms with Crippen LogP contribution in [-0.2, 0) is 0 Å². The lowest BCUT2D eigenvalue weighted by molar-refractivity contribution is 0.0794. The highest BCUT2D eigenvalue weighted by molar-refractivity contribution is 7.13. The summed E-state index contributed by atoms with van der Waals surface area (Å²) in [6, 6.07) is 15.4. The fourth-order valence-electron chi connectivity index (χ4n) is 3.58. The van der Waals surface area contributed by atoms with Crippen molar-refractivity contribution in [2.75, 3.05) is 18.4 Å². The summed E-state index contributed by atoms with van der Waals surface area (Å²) in [5.74, 6) is 0.130. The first-order chi connectivity index (χ1) is 14.5. The zero-order valence-electron chi connectivity index (χ0n) is 17.2. The van der Waals surface area contributed by atoms with Crippen LogP contribution in [0.1, 0.15) is 59.0 Å². The van der Waals surface area contributed by atoms with Crippen LogP contribution in [0.2, 0.25) is 0 Å². The van der Waals surface area contributed by atoms with Crippen molar-refractivity contribution in [1.82, 2.24) is 9.88 Å². The van der Waals surface area contributed by atoms with Crippen LogP contribution in [0, 0.1) is 0 Å². The van der Waals surface area contributed by atoms with Crippen molar-refractivity contribution in [1.29, 1.82) is 0 Å². The van der Waals surface area contributed by atoms with E-state index >= 15 is 0 Å². The highest BCUT2D eigenvalue weighted by Crippen LogP contribution is 2.27. The zero-order valence-corrected chi connectivity index (χ0v) is 18.0. The number of carbonyl (C=O) groups is 2. The maximum atomic E-state index is 12.8. The van der Waals surface area contributed by atoms with Gasteiger partial charge in [0.1, 0.15) is 10.7 Å². The molecule has 30 heavy (non-hydrogen) atoms. The molecule has 1 aliphatic heterocycles. The van der Waals surface area contributed by atoms with Gasteiger partial charge in [0, 0.05) is 24.0 Å². The molecule has 0 saturated carbocycles. The lowest BCUT2D eigenvalue weighted by Gasteiger charge is -2.17. The van der Waals surface area contributed by atoms with E-state index in [9.17, 15) is 9.59 Å². The second-order valence-corrected chi connectivity index (χ2v) is 8.67. The van der Waals surface area contributed by atoms with Crippen LogP contribution in [0.5, 0.6) is 0 Å². The Labute approximate surface area is 180 Å². The van der Waals surface area contributed by atoms with Gasteiger partial charge in [0.2, 0.25) is 0 Å². The average molecular weight is 420 g/mol. The van der Waals surface area contributed by atoms with Gasteiger partial charge in [-0.25, -0.2) is 4.98 Å². The summed E-state index contributed by atoms with van der Waals surface area (Å²) in [5.41, 5.74) is 3.66. The summed E-state index contributed by atoms with van der Waals surface area (Å²) in [6.07, 6.45) is 2.06. The third-order valence-corrected chi connectivity index (χ3v) is 6.25. The monoisotopic (exact) mass is 419 g/mol. The van der Waals surface area contributed by atoms with E-state index < -0.39 is 0 Å². The van der Waals surface area contributed by atoms with E-state index in [1.54, 1.807) is 17.5 Å². The molecule has 1 aromatic heterocycles. The van der Waals surface area contributed by atoms with E-state index in [2.05, 4.69) is 36.3 Å². The van der Waals surface area contributed by atoms with E-state index in [0.717, 1.165) is 36.5 Å². The van der Waals surface area contributed by atoms with Gasteiger partial charge < -0.3 is 10.2 Å². The number of benzene rings is 2. The van der Waals surface area contributed by atoms with Gasteiger partial charge in [-0.15, -0.1) is 11.3 Å². The molecule has 0 spiro atoms. The molecule has 6 heteroatoms. The van der Waals surface area contributed by atoms with Gasteiger partial charge in [0.05, 0.1) is 11.3 Å². The number of hydrogen-bond donors (Lipinski definition) is 1. The van der Waals surface area contributed by atoms with Crippen LogP contribution in [0.4, 0.5) is 5.69 Å². The fourth-order valence-corrected chi connectivity index (χ4v) is 4.38. The second kappa shape index (κ2) is 8.79. The zero-order chi connectivity index (χ0) is 21.1. The van der Waals surface area contributed by atoms with Gasteiger partial charge in [-0.3, -0.25) is 9.59 Å². The molecule has 0 radical (unpaired) electrons. The quantitative estimate of drug-likeness (QED) is 0.600. The Kier molecular flexibility index (Phi) is 5.95. The van der Waals surface area contributed by atoms with Crippen molar-refractivity contribution in [3.63, 3.8) is 0 Å². The normalized spacial score (nSPS) is 13.6. The minimum absolute atomic E-state index is 0.0346. The molecule has 1 N–H and O–H groups in total. The van der Waals surface area contributed by atoms with Crippen LogP contribution < -0.4 is 5.32 Å². The standard InChI is InChI=1S/C24H25N3O2S/c1-16(2)17-9-11-18(12-10-17)23-26-21(15-30-23)22(28)25-20-8-4-3-7-19(20)24(29)27-13-5-6-14-27/h3-4,7-12,15-16H,5-6,13-14H2,1-2H3,(H,25,28). The summed E-state index contributed by atoms with van der Waals surface area (Å²) in [4.78, 5) is 32.0. The van der Waals surface area contributed by atoms with E-state index in [-0.39, 0.29) is 11.8 Å². The van der Waals surface area contributed by atoms with Crippen molar-refractivity contribution in [2.45, 2.75) is 32.6 Å². The van der Waals surface area contributed by atoms with E-state index in [0.29, 0.717) is 22.9 Å². The van der Waals surface area contributed by atoms with Gasteiger partial charge in [-0.2, -0.15) is 0 Å². The lowest BCUT2D eigenvalue weighted by Crippen LogP contribution is -2.28. The summed E-state index contributed by atoms with van der Waals surface area (Å²) >= 11 is 1.44. The predicted molar refractivity (Wildman–Crippen MR) is 121 cm³/mol. The molecule has 2 aromatic carbocycles. The van der Waals surface area contributed by atoms with E-state index in [4.69, 9.17) is 0 Å². The Morgan fingerprint density at radius 1 is 1.03 bits per heavy atom. The highest BCUT2D eigenvalue weighted by Gasteiger charge is 2.23. The smallest absolute Gasteiger partial charge is 0.275 e. The Morgan fingerprint density at radius 3 is 2.43 bits per heavy atom. The molecule has 0 aliphatic carbocycles. The summed E-state index contributed by atoms with van der Waals surface area (Å²) in [6.45, 7) is 5.86. The molecule has 1 aliphatic rings. The predicted octanol–water partition coefficient (Wildman–Crippen LogP) is 5.42. The maximum Gasteiger partial charge on any atom is 0.275 e. The Bertz CT molecular complexity index is 1050. The number of thiazole rings is 1. The number of aromatic nitrogens is 1. The number of likely N-dealkylation sites (tertiary alicyclic amines) is 1. The van der Waals surface area contributed by atoms with Crippen LogP contribution in [-0.4, -0.2) is 34.8 Å². The first-order valence-corrected chi connectivity index (χ1v) is 11.2. The van der Waals surface area contributed by atoms with Gasteiger partial charge in [-0.05, 0) is 36.5 Å². The molecule has 0 atom stereocenters. The average Bonchev–Trinajstić information content (AvgIpc) is 3.46. The van der Waals surface area contributed by atoms with Gasteiger partial charge in [0.15, 0.2) is 0 Å². The second-order valence-electron chi connectivity index (χ2n) is 7.81. The molecule has 1 saturated heterocycles. The number of carbonyl (C=O) groups excluding carboxylic acids is 2. The van der Waals surface area contributed by atoms with Crippen molar-refractivity contribution in [3.05, 3.63) is 70.7 Å². The van der Waals surface area contributed by atoms with Crippen molar-refractivity contribution in [3.8, 4) is 10.6 Å². The first kappa shape index (κ1) is 20.3. The summed E-state index contributed by atoms with van der Waals surface area (Å²) in [7, 11) is 0. The van der Waals surface area contributed by atoms with Crippen molar-refractivity contribution >= 4 is 28.8 Å². The fraction of sp³-hybridized carbons (Fsp3) is 0.292. The molecular formula is C24H25N3O2S. The number of rotatable bonds is 5. The molecule has 2 amide bonds. The third kappa shape index (κ3) is 4.28. The topological polar surface area (TPSA) is 62.3 Å². The van der Waals surface area contributed by atoms with Crippen LogP contribution in [0.15, 0.2) is 53.9 Å². The Balaban J connectivity index is 1.51. The number of para-hydroxylation sites is 1. The molecule has 154 valence electrons. The molecular weight excluding hydrogens is 394 g/mol. The number of nitrogens with one attached hydrogen (secondary N) is 1. The molecule has 2 heterocycles. The molecule has 0 unspecified atom stereocenters. The maximum absolute atomic E-state index is 12.8. The first-order valence-electron chi connectivity index (χ1n) is 10.3. The van der Waals surface area contributed by atoms with Gasteiger partial charge in [0.25, 0.3) is 11.8 Å². The van der Waals surface area contributed by atoms with Crippen molar-refractivity contribution < 1.29 is 9.59 Å². The summed E-state index contributed by atoms with van der Waals surface area (Å²) in [5, 5.41) is 5.44. The van der Waals surface area contributed by atoms with Crippen LogP contribution in [0.3, 0.4) is 0 Å². The molecule has 4 rings (SSSR count). The van der Waals surface area contributed by atoms with Crippen molar-refractivity contribution in [2.24, 2.45) is 0 Å². The van der Waals surface area contributed by atoms with Crippen LogP contribution >= 0.6 is 11.3 Å². The SMILES string of the molecule is CC(C)c1ccc(-c2nc(C(=O)Nc3ccccc3C(=O)N3CCCC3)cs2)cc1. The number of amides is 2. The number of nitrogens with zero attached hydrogens (tertiary/aromatic N) is 2. The lowest BCUT2D eigenvalue weighted by atomic mass is 10.0. The van der Waals surface area contributed by atoms with E-state index in [1.807, 2.05) is 29.2 Å². The highest BCUT2D eigenvalue weighted by atomic mass is 32.1. The molecule has 1 fully saturated rings. The van der Waals surface area contributed by atoms with Crippen LogP contribution in [0.25, 0.3) is 10.6 Å². The number of hydrogen-bond acceptors (Lipinski definition) is 4. The third-order valence-electron chi connectivity index (χ3n) is 5.36. The van der Waals surface area contributed by atoms with Gasteiger partial charge in [-0.1, -0.05) is 50.2 Å². The van der Waals surface area contributed by atoms with Gasteiger partial charge >= 0.3 is 0 Å².